The van der Waals surface area contributed by atoms with Gasteiger partial charge >= 0.3 is 5.97 Å². The van der Waals surface area contributed by atoms with Crippen LogP contribution in [0.3, 0.4) is 0 Å². The Balaban J connectivity index is 2.39. The Bertz CT molecular complexity index is 767. The van der Waals surface area contributed by atoms with E-state index in [1.807, 2.05) is 45.0 Å². The second-order valence-electron chi connectivity index (χ2n) is 7.24. The van der Waals surface area contributed by atoms with E-state index < -0.39 is 5.97 Å². The molecule has 6 heteroatoms. The summed E-state index contributed by atoms with van der Waals surface area (Å²) in [6, 6.07) is 7.82. The van der Waals surface area contributed by atoms with Crippen LogP contribution in [0.15, 0.2) is 35.5 Å². The summed E-state index contributed by atoms with van der Waals surface area (Å²) < 4.78 is 5.26. The lowest BCUT2D eigenvalue weighted by atomic mass is 9.83. The minimum absolute atomic E-state index is 0.0292. The van der Waals surface area contributed by atoms with Crippen molar-refractivity contribution < 1.29 is 19.1 Å². The van der Waals surface area contributed by atoms with Crippen LogP contribution >= 0.6 is 0 Å². The number of benzene rings is 1. The van der Waals surface area contributed by atoms with Gasteiger partial charge in [0.05, 0.1) is 12.2 Å². The lowest BCUT2D eigenvalue weighted by Crippen LogP contribution is -2.45. The van der Waals surface area contributed by atoms with Gasteiger partial charge in [0.1, 0.15) is 6.54 Å². The third-order valence-corrected chi connectivity index (χ3v) is 5.12. The van der Waals surface area contributed by atoms with Gasteiger partial charge in [0.15, 0.2) is 0 Å². The van der Waals surface area contributed by atoms with E-state index >= 15 is 0 Å². The van der Waals surface area contributed by atoms with Crippen LogP contribution in [-0.4, -0.2) is 41.9 Å². The highest BCUT2D eigenvalue weighted by Crippen LogP contribution is 2.37. The van der Waals surface area contributed by atoms with Gasteiger partial charge in [-0.2, -0.15) is 0 Å². The summed E-state index contributed by atoms with van der Waals surface area (Å²) in [6.07, 6.45) is 0.934. The van der Waals surface area contributed by atoms with Crippen LogP contribution in [0, 0.1) is 6.92 Å². The lowest BCUT2D eigenvalue weighted by molar-refractivity contribution is -0.141. The summed E-state index contributed by atoms with van der Waals surface area (Å²) in [4.78, 5) is 39.3. The van der Waals surface area contributed by atoms with Crippen molar-refractivity contribution in [2.75, 3.05) is 13.2 Å². The van der Waals surface area contributed by atoms with Crippen LogP contribution in [0.2, 0.25) is 0 Å². The number of nitrogens with zero attached hydrogens (tertiary/aromatic N) is 1. The molecule has 2 rings (SSSR count). The Labute approximate surface area is 166 Å². The van der Waals surface area contributed by atoms with Gasteiger partial charge in [0, 0.05) is 24.1 Å². The Kier molecular flexibility index (Phi) is 7.38. The van der Waals surface area contributed by atoms with Crippen molar-refractivity contribution in [3.05, 3.63) is 46.7 Å². The fraction of sp³-hybridized carbons (Fsp3) is 0.500. The Morgan fingerprint density at radius 1 is 1.21 bits per heavy atom. The maximum atomic E-state index is 12.8. The molecule has 2 unspecified atom stereocenters. The molecule has 0 saturated heterocycles. The highest BCUT2D eigenvalue weighted by atomic mass is 16.5. The summed E-state index contributed by atoms with van der Waals surface area (Å²) in [5.41, 5.74) is 2.93. The molecule has 1 aromatic carbocycles. The van der Waals surface area contributed by atoms with E-state index in [0.29, 0.717) is 11.3 Å². The van der Waals surface area contributed by atoms with Gasteiger partial charge < -0.3 is 15.0 Å². The molecular formula is C22H30N2O4. The number of allylic oxidation sites excluding steroid dienone is 1. The summed E-state index contributed by atoms with van der Waals surface area (Å²) >= 11 is 0. The van der Waals surface area contributed by atoms with Gasteiger partial charge in [-0.1, -0.05) is 36.8 Å². The van der Waals surface area contributed by atoms with E-state index in [-0.39, 0.29) is 43.3 Å². The first-order valence-corrected chi connectivity index (χ1v) is 9.82. The van der Waals surface area contributed by atoms with Crippen LogP contribution in [0.1, 0.15) is 57.6 Å². The first-order chi connectivity index (χ1) is 13.3. The van der Waals surface area contributed by atoms with Crippen LogP contribution in [0.5, 0.6) is 0 Å². The first kappa shape index (κ1) is 21.7. The fourth-order valence-electron chi connectivity index (χ4n) is 3.33. The Morgan fingerprint density at radius 2 is 1.86 bits per heavy atom. The second kappa shape index (κ2) is 9.53. The predicted molar refractivity (Wildman–Crippen MR) is 107 cm³/mol. The highest BCUT2D eigenvalue weighted by Gasteiger charge is 2.37. The molecule has 1 aliphatic rings. The van der Waals surface area contributed by atoms with Crippen molar-refractivity contribution in [1.29, 1.82) is 0 Å². The van der Waals surface area contributed by atoms with Gasteiger partial charge in [0.25, 0.3) is 0 Å². The third-order valence-electron chi connectivity index (χ3n) is 5.12. The predicted octanol–water partition coefficient (Wildman–Crippen LogP) is 3.06. The smallest absolute Gasteiger partial charge is 0.336 e. The van der Waals surface area contributed by atoms with Crippen LogP contribution in [0.4, 0.5) is 0 Å². The van der Waals surface area contributed by atoms with Crippen molar-refractivity contribution in [3.63, 3.8) is 0 Å². The molecule has 28 heavy (non-hydrogen) atoms. The molecule has 6 nitrogen and oxygen atoms in total. The zero-order valence-corrected chi connectivity index (χ0v) is 17.4. The van der Waals surface area contributed by atoms with Crippen LogP contribution < -0.4 is 5.32 Å². The zero-order valence-electron chi connectivity index (χ0n) is 17.4. The standard InChI is InChI=1S/C22H30N2O4/c1-6-15(4)23-19(25)13-24-16(5)21(22(27)28-7-2)18(12-20(24)26)17-10-8-14(3)9-11-17/h8-11,15,18H,6-7,12-13H2,1-5H3,(H,23,25). The van der Waals surface area contributed by atoms with Gasteiger partial charge in [-0.3, -0.25) is 9.59 Å². The maximum absolute atomic E-state index is 12.8. The van der Waals surface area contributed by atoms with E-state index in [1.165, 1.54) is 4.90 Å². The summed E-state index contributed by atoms with van der Waals surface area (Å²) in [5.74, 6) is -1.22. The molecule has 1 aromatic rings. The van der Waals surface area contributed by atoms with E-state index in [0.717, 1.165) is 17.5 Å². The molecular weight excluding hydrogens is 356 g/mol. The van der Waals surface area contributed by atoms with Crippen LogP contribution in [-0.2, 0) is 19.1 Å². The van der Waals surface area contributed by atoms with Crippen molar-refractivity contribution in [1.82, 2.24) is 10.2 Å². The number of rotatable bonds is 7. The van der Waals surface area contributed by atoms with Gasteiger partial charge in [0.2, 0.25) is 11.8 Å². The molecule has 1 heterocycles. The molecule has 0 aliphatic carbocycles. The Hall–Kier alpha value is -2.63. The zero-order chi connectivity index (χ0) is 20.8. The third kappa shape index (κ3) is 5.00. The topological polar surface area (TPSA) is 75.7 Å². The van der Waals surface area contributed by atoms with Crippen molar-refractivity contribution in [2.24, 2.45) is 0 Å². The molecule has 152 valence electrons. The first-order valence-electron chi connectivity index (χ1n) is 9.82. The van der Waals surface area contributed by atoms with Gasteiger partial charge in [-0.25, -0.2) is 4.79 Å². The quantitative estimate of drug-likeness (QED) is 0.731. The number of carbonyl (C=O) groups is 3. The molecule has 0 saturated carbocycles. The fourth-order valence-corrected chi connectivity index (χ4v) is 3.33. The molecule has 1 N–H and O–H groups in total. The number of nitrogens with one attached hydrogen (secondary N) is 1. The minimum Gasteiger partial charge on any atom is -0.463 e. The number of hydrogen-bond acceptors (Lipinski definition) is 4. The molecule has 0 aromatic heterocycles. The van der Waals surface area contributed by atoms with Crippen molar-refractivity contribution >= 4 is 17.8 Å². The number of esters is 1. The van der Waals surface area contributed by atoms with Crippen molar-refractivity contribution in [2.45, 2.75) is 59.4 Å². The molecule has 1 aliphatic heterocycles. The van der Waals surface area contributed by atoms with Gasteiger partial charge in [-0.05, 0) is 39.7 Å². The molecule has 2 atom stereocenters. The van der Waals surface area contributed by atoms with Gasteiger partial charge in [-0.15, -0.1) is 0 Å². The summed E-state index contributed by atoms with van der Waals surface area (Å²) in [6.45, 7) is 9.49. The summed E-state index contributed by atoms with van der Waals surface area (Å²) in [7, 11) is 0. The maximum Gasteiger partial charge on any atom is 0.336 e. The normalized spacial score (nSPS) is 18.1. The molecule has 0 fully saturated rings. The minimum atomic E-state index is -0.439. The van der Waals surface area contributed by atoms with E-state index in [2.05, 4.69) is 5.32 Å². The second-order valence-corrected chi connectivity index (χ2v) is 7.24. The number of ether oxygens (including phenoxy) is 1. The average Bonchev–Trinajstić information content (AvgIpc) is 2.65. The molecule has 0 radical (unpaired) electrons. The lowest BCUT2D eigenvalue weighted by Gasteiger charge is -2.34. The van der Waals surface area contributed by atoms with Crippen molar-refractivity contribution in [3.8, 4) is 0 Å². The van der Waals surface area contributed by atoms with E-state index in [4.69, 9.17) is 4.74 Å². The van der Waals surface area contributed by atoms with E-state index in [9.17, 15) is 14.4 Å². The van der Waals surface area contributed by atoms with E-state index in [1.54, 1.807) is 13.8 Å². The highest BCUT2D eigenvalue weighted by molar-refractivity contribution is 5.97. The number of carbonyl (C=O) groups excluding carboxylic acids is 3. The molecule has 2 amide bonds. The monoisotopic (exact) mass is 386 g/mol. The molecule has 0 bridgehead atoms. The average molecular weight is 386 g/mol. The number of hydrogen-bond donors (Lipinski definition) is 1. The SMILES string of the molecule is CCOC(=O)C1=C(C)N(CC(=O)NC(C)CC)C(=O)CC1c1ccc(C)cc1. The summed E-state index contributed by atoms with van der Waals surface area (Å²) in [5, 5.41) is 2.86. The number of aryl methyl sites for hydroxylation is 1. The number of amides is 2. The largest absolute Gasteiger partial charge is 0.463 e. The molecule has 0 spiro atoms. The van der Waals surface area contributed by atoms with Crippen LogP contribution in [0.25, 0.3) is 0 Å². The Morgan fingerprint density at radius 3 is 2.43 bits per heavy atom.